The Hall–Kier alpha value is -3.17. The molecule has 0 radical (unpaired) electrons. The fraction of sp³-hybridized carbons (Fsp3) is 0.400. The maximum absolute atomic E-state index is 12.3. The Bertz CT molecular complexity index is 931. The molecule has 0 atom stereocenters. The molecule has 2 rings (SSSR count). The van der Waals surface area contributed by atoms with Gasteiger partial charge in [-0.2, -0.15) is 0 Å². The number of nitrogens with one attached hydrogen (secondary N) is 2. The average Bonchev–Trinajstić information content (AvgIpc) is 2.89. The number of aromatic nitrogens is 3. The lowest BCUT2D eigenvalue weighted by atomic mass is 10.3. The summed E-state index contributed by atoms with van der Waals surface area (Å²) in [5, 5.41) is 9.18. The van der Waals surface area contributed by atoms with Crippen LogP contribution in [-0.2, 0) is 18.9 Å². The molecule has 0 aliphatic rings. The van der Waals surface area contributed by atoms with Crippen LogP contribution in [0.15, 0.2) is 19.1 Å². The number of carbonyl (C=O) groups excluding carboxylic acids is 1. The van der Waals surface area contributed by atoms with Crippen molar-refractivity contribution >= 4 is 29.3 Å². The highest BCUT2D eigenvalue weighted by atomic mass is 16.5. The maximum Gasteiger partial charge on any atom is 0.332 e. The van der Waals surface area contributed by atoms with Crippen LogP contribution >= 0.6 is 0 Å². The van der Waals surface area contributed by atoms with Gasteiger partial charge in [-0.3, -0.25) is 18.7 Å². The molecule has 134 valence electrons. The average molecular weight is 348 g/mol. The fourth-order valence-corrected chi connectivity index (χ4v) is 2.28. The second kappa shape index (κ2) is 7.16. The van der Waals surface area contributed by atoms with Crippen LogP contribution in [0.3, 0.4) is 0 Å². The summed E-state index contributed by atoms with van der Waals surface area (Å²) in [7, 11) is 2.86. The van der Waals surface area contributed by atoms with E-state index in [0.29, 0.717) is 17.1 Å². The van der Waals surface area contributed by atoms with Gasteiger partial charge in [0, 0.05) is 20.3 Å². The van der Waals surface area contributed by atoms with Gasteiger partial charge >= 0.3 is 5.69 Å². The van der Waals surface area contributed by atoms with Gasteiger partial charge in [0.1, 0.15) is 17.1 Å². The molecule has 0 bridgehead atoms. The Kier molecular flexibility index (Phi) is 5.20. The lowest BCUT2D eigenvalue weighted by Gasteiger charge is -2.13. The SMILES string of the molecule is CC=Nc1c(NCC(=O)Nc2c(C)noc2C)c(=O)n(C)c(=O)n1C. The highest BCUT2D eigenvalue weighted by Gasteiger charge is 2.17. The van der Waals surface area contributed by atoms with Gasteiger partial charge in [0.15, 0.2) is 11.6 Å². The first-order valence-corrected chi connectivity index (χ1v) is 7.53. The minimum absolute atomic E-state index is 0.0663. The molecule has 2 heterocycles. The molecular formula is C15H20N6O4. The minimum atomic E-state index is -0.561. The van der Waals surface area contributed by atoms with E-state index < -0.39 is 17.2 Å². The molecule has 0 aliphatic heterocycles. The smallest absolute Gasteiger partial charge is 0.332 e. The predicted octanol–water partition coefficient (Wildman–Crippen LogP) is 0.462. The third-order valence-corrected chi connectivity index (χ3v) is 3.61. The zero-order chi connectivity index (χ0) is 18.7. The monoisotopic (exact) mass is 348 g/mol. The molecule has 0 aromatic carbocycles. The van der Waals surface area contributed by atoms with Gasteiger partial charge in [0.05, 0.1) is 6.54 Å². The van der Waals surface area contributed by atoms with Gasteiger partial charge < -0.3 is 15.2 Å². The molecular weight excluding hydrogens is 328 g/mol. The first kappa shape index (κ1) is 18.2. The van der Waals surface area contributed by atoms with Gasteiger partial charge in [-0.25, -0.2) is 9.79 Å². The van der Waals surface area contributed by atoms with Crippen molar-refractivity contribution in [3.05, 3.63) is 32.3 Å². The van der Waals surface area contributed by atoms with Gasteiger partial charge in [-0.05, 0) is 20.8 Å². The summed E-state index contributed by atoms with van der Waals surface area (Å²) in [5.41, 5.74) is 0.0499. The Morgan fingerprint density at radius 3 is 2.48 bits per heavy atom. The summed E-state index contributed by atoms with van der Waals surface area (Å²) in [5.74, 6) is 0.248. The lowest BCUT2D eigenvalue weighted by Crippen LogP contribution is -2.39. The zero-order valence-corrected chi connectivity index (χ0v) is 14.7. The van der Waals surface area contributed by atoms with Crippen LogP contribution in [0.4, 0.5) is 17.2 Å². The van der Waals surface area contributed by atoms with Crippen molar-refractivity contribution in [1.82, 2.24) is 14.3 Å². The van der Waals surface area contributed by atoms with Crippen molar-refractivity contribution in [3.63, 3.8) is 0 Å². The molecule has 10 heteroatoms. The van der Waals surface area contributed by atoms with Crippen molar-refractivity contribution in [2.24, 2.45) is 19.1 Å². The molecule has 2 aromatic heterocycles. The van der Waals surface area contributed by atoms with Crippen LogP contribution in [0.1, 0.15) is 18.4 Å². The molecule has 25 heavy (non-hydrogen) atoms. The number of hydrogen-bond donors (Lipinski definition) is 2. The summed E-state index contributed by atoms with van der Waals surface area (Å²) in [6.07, 6.45) is 1.46. The summed E-state index contributed by atoms with van der Waals surface area (Å²) in [6, 6.07) is 0. The number of aliphatic imine (C=N–C) groups is 1. The standard InChI is InChI=1S/C15H20N6O4/c1-6-16-13-12(14(23)21(5)15(24)20(13)4)17-7-10(22)18-11-8(2)19-25-9(11)3/h6,17H,7H2,1-5H3,(H,18,22). The van der Waals surface area contributed by atoms with Crippen LogP contribution in [0.25, 0.3) is 0 Å². The van der Waals surface area contributed by atoms with E-state index in [-0.39, 0.29) is 18.1 Å². The normalized spacial score (nSPS) is 11.1. The summed E-state index contributed by atoms with van der Waals surface area (Å²) in [6.45, 7) is 4.86. The molecule has 0 fully saturated rings. The quantitative estimate of drug-likeness (QED) is 0.757. The van der Waals surface area contributed by atoms with Crippen molar-refractivity contribution in [2.45, 2.75) is 20.8 Å². The Balaban J connectivity index is 2.27. The molecule has 0 unspecified atom stereocenters. The molecule has 0 saturated carbocycles. The molecule has 10 nitrogen and oxygen atoms in total. The highest BCUT2D eigenvalue weighted by Crippen LogP contribution is 2.19. The van der Waals surface area contributed by atoms with E-state index in [0.717, 1.165) is 4.57 Å². The predicted molar refractivity (Wildman–Crippen MR) is 93.8 cm³/mol. The van der Waals surface area contributed by atoms with E-state index in [1.54, 1.807) is 20.8 Å². The minimum Gasteiger partial charge on any atom is -0.369 e. The molecule has 2 aromatic rings. The van der Waals surface area contributed by atoms with Crippen LogP contribution in [0.2, 0.25) is 0 Å². The van der Waals surface area contributed by atoms with Crippen molar-refractivity contribution in [3.8, 4) is 0 Å². The summed E-state index contributed by atoms with van der Waals surface area (Å²) in [4.78, 5) is 40.5. The fourth-order valence-electron chi connectivity index (χ4n) is 2.28. The van der Waals surface area contributed by atoms with Gasteiger partial charge in [-0.15, -0.1) is 0 Å². The van der Waals surface area contributed by atoms with E-state index in [2.05, 4.69) is 20.8 Å². The molecule has 0 saturated heterocycles. The van der Waals surface area contributed by atoms with Crippen molar-refractivity contribution in [1.29, 1.82) is 0 Å². The largest absolute Gasteiger partial charge is 0.369 e. The van der Waals surface area contributed by atoms with Crippen LogP contribution in [0.5, 0.6) is 0 Å². The Morgan fingerprint density at radius 1 is 1.24 bits per heavy atom. The highest BCUT2D eigenvalue weighted by molar-refractivity contribution is 5.94. The Morgan fingerprint density at radius 2 is 1.92 bits per heavy atom. The lowest BCUT2D eigenvalue weighted by molar-refractivity contribution is -0.114. The number of aryl methyl sites for hydroxylation is 2. The molecule has 0 spiro atoms. The number of carbonyl (C=O) groups is 1. The number of amides is 1. The number of anilines is 2. The number of hydrogen-bond acceptors (Lipinski definition) is 7. The van der Waals surface area contributed by atoms with E-state index in [1.807, 2.05) is 0 Å². The van der Waals surface area contributed by atoms with Crippen molar-refractivity contribution in [2.75, 3.05) is 17.2 Å². The number of rotatable bonds is 5. The zero-order valence-electron chi connectivity index (χ0n) is 14.7. The topological polar surface area (TPSA) is 124 Å². The van der Waals surface area contributed by atoms with Crippen LogP contribution in [0, 0.1) is 13.8 Å². The van der Waals surface area contributed by atoms with Gasteiger partial charge in [0.25, 0.3) is 5.56 Å². The van der Waals surface area contributed by atoms with Crippen LogP contribution < -0.4 is 21.9 Å². The van der Waals surface area contributed by atoms with E-state index in [1.165, 1.54) is 24.9 Å². The van der Waals surface area contributed by atoms with Gasteiger partial charge in [0.2, 0.25) is 5.91 Å². The molecule has 2 N–H and O–H groups in total. The number of nitrogens with zero attached hydrogens (tertiary/aromatic N) is 4. The van der Waals surface area contributed by atoms with Gasteiger partial charge in [-0.1, -0.05) is 5.16 Å². The summed E-state index contributed by atoms with van der Waals surface area (Å²) >= 11 is 0. The second-order valence-corrected chi connectivity index (χ2v) is 5.39. The maximum atomic E-state index is 12.3. The first-order valence-electron chi connectivity index (χ1n) is 7.53. The Labute approximate surface area is 143 Å². The van der Waals surface area contributed by atoms with E-state index in [4.69, 9.17) is 4.52 Å². The third kappa shape index (κ3) is 3.52. The summed E-state index contributed by atoms with van der Waals surface area (Å²) < 4.78 is 7.16. The third-order valence-electron chi connectivity index (χ3n) is 3.61. The van der Waals surface area contributed by atoms with Crippen LogP contribution in [-0.4, -0.2) is 33.0 Å². The van der Waals surface area contributed by atoms with E-state index in [9.17, 15) is 14.4 Å². The second-order valence-electron chi connectivity index (χ2n) is 5.39. The molecule has 0 aliphatic carbocycles. The van der Waals surface area contributed by atoms with E-state index >= 15 is 0 Å². The van der Waals surface area contributed by atoms with Crippen molar-refractivity contribution < 1.29 is 9.32 Å². The molecule has 1 amide bonds. The first-order chi connectivity index (χ1) is 11.8.